The number of anilines is 1. The lowest BCUT2D eigenvalue weighted by molar-refractivity contribution is 0.0948. The molecule has 1 fully saturated rings. The third kappa shape index (κ3) is 5.54. The van der Waals surface area contributed by atoms with E-state index in [1.165, 1.54) is 12.1 Å². The Morgan fingerprint density at radius 1 is 1.10 bits per heavy atom. The molecule has 0 unspecified atom stereocenters. The highest BCUT2D eigenvalue weighted by atomic mass is 19.1. The van der Waals surface area contributed by atoms with Crippen LogP contribution in [0.5, 0.6) is 0 Å². The summed E-state index contributed by atoms with van der Waals surface area (Å²) in [5.74, 6) is -0.432. The molecule has 1 aliphatic heterocycles. The molecule has 1 saturated heterocycles. The Morgan fingerprint density at radius 2 is 1.83 bits per heavy atom. The Morgan fingerprint density at radius 3 is 2.52 bits per heavy atom. The smallest absolute Gasteiger partial charge is 0.324 e. The number of urea groups is 1. The fourth-order valence-electron chi connectivity index (χ4n) is 3.29. The lowest BCUT2D eigenvalue weighted by atomic mass is 10.1. The monoisotopic (exact) mass is 399 g/mol. The van der Waals surface area contributed by atoms with Gasteiger partial charge in [0, 0.05) is 51.1 Å². The van der Waals surface area contributed by atoms with Crippen LogP contribution in [-0.2, 0) is 11.3 Å². The number of nitrogens with one attached hydrogen (secondary N) is 1. The van der Waals surface area contributed by atoms with E-state index in [2.05, 4.69) is 5.32 Å². The predicted octanol–water partition coefficient (Wildman–Crippen LogP) is 3.42. The van der Waals surface area contributed by atoms with Crippen LogP contribution in [0.4, 0.5) is 14.9 Å². The molecule has 2 aromatic carbocycles. The Bertz CT molecular complexity index is 824. The summed E-state index contributed by atoms with van der Waals surface area (Å²) in [6.45, 7) is 2.88. The molecule has 6 nitrogen and oxygen atoms in total. The van der Waals surface area contributed by atoms with E-state index in [4.69, 9.17) is 4.74 Å². The molecule has 3 rings (SSSR count). The van der Waals surface area contributed by atoms with Gasteiger partial charge in [-0.1, -0.05) is 12.1 Å². The second-order valence-corrected chi connectivity index (χ2v) is 6.98. The molecular formula is C22H26FN3O3. The molecule has 0 radical (unpaired) electrons. The first-order chi connectivity index (χ1) is 14.1. The summed E-state index contributed by atoms with van der Waals surface area (Å²) < 4.78 is 18.1. The number of hydrogen-bond acceptors (Lipinski definition) is 3. The minimum atomic E-state index is -0.289. The number of amides is 3. The van der Waals surface area contributed by atoms with E-state index in [1.807, 2.05) is 0 Å². The molecule has 1 aliphatic rings. The summed E-state index contributed by atoms with van der Waals surface area (Å²) in [4.78, 5) is 28.5. The molecule has 29 heavy (non-hydrogen) atoms. The number of ether oxygens (including phenoxy) is 1. The summed E-state index contributed by atoms with van der Waals surface area (Å²) in [6, 6.07) is 13.2. The van der Waals surface area contributed by atoms with Gasteiger partial charge in [0.1, 0.15) is 5.82 Å². The number of halogens is 1. The Labute approximate surface area is 170 Å². The third-order valence-corrected chi connectivity index (χ3v) is 4.85. The van der Waals surface area contributed by atoms with Crippen LogP contribution in [-0.4, -0.2) is 50.2 Å². The van der Waals surface area contributed by atoms with Gasteiger partial charge < -0.3 is 15.0 Å². The second-order valence-electron chi connectivity index (χ2n) is 6.98. The summed E-state index contributed by atoms with van der Waals surface area (Å²) in [6.07, 6.45) is 1.60. The average molecular weight is 399 g/mol. The van der Waals surface area contributed by atoms with E-state index < -0.39 is 0 Å². The zero-order valence-corrected chi connectivity index (χ0v) is 16.6. The van der Waals surface area contributed by atoms with Crippen molar-refractivity contribution in [3.05, 3.63) is 65.5 Å². The lowest BCUT2D eigenvalue weighted by Gasteiger charge is -2.35. The van der Waals surface area contributed by atoms with Crippen molar-refractivity contribution >= 4 is 17.6 Å². The Hall–Kier alpha value is -2.93. The normalized spacial score (nSPS) is 14.2. The SMILES string of the molecule is COCCCNC(=O)c1ccc(N2CCCN(Cc3ccc(F)cc3)C2=O)cc1. The van der Waals surface area contributed by atoms with Crippen molar-refractivity contribution in [3.8, 4) is 0 Å². The Balaban J connectivity index is 1.61. The molecular weight excluding hydrogens is 373 g/mol. The van der Waals surface area contributed by atoms with Gasteiger partial charge in [-0.2, -0.15) is 0 Å². The van der Waals surface area contributed by atoms with Gasteiger partial charge in [-0.05, 0) is 54.8 Å². The molecule has 7 heteroatoms. The molecule has 0 spiro atoms. The van der Waals surface area contributed by atoms with Gasteiger partial charge in [0.15, 0.2) is 0 Å². The van der Waals surface area contributed by atoms with E-state index >= 15 is 0 Å². The van der Waals surface area contributed by atoms with E-state index in [-0.39, 0.29) is 17.8 Å². The summed E-state index contributed by atoms with van der Waals surface area (Å²) >= 11 is 0. The molecule has 154 valence electrons. The number of methoxy groups -OCH3 is 1. The Kier molecular flexibility index (Phi) is 7.19. The van der Waals surface area contributed by atoms with Crippen molar-refractivity contribution in [3.63, 3.8) is 0 Å². The van der Waals surface area contributed by atoms with Crippen LogP contribution in [0.2, 0.25) is 0 Å². The van der Waals surface area contributed by atoms with Crippen LogP contribution in [0.25, 0.3) is 0 Å². The first-order valence-corrected chi connectivity index (χ1v) is 9.76. The first kappa shape index (κ1) is 20.8. The highest BCUT2D eigenvalue weighted by Crippen LogP contribution is 2.22. The van der Waals surface area contributed by atoms with Crippen molar-refractivity contribution in [2.45, 2.75) is 19.4 Å². The van der Waals surface area contributed by atoms with Gasteiger partial charge in [-0.25, -0.2) is 9.18 Å². The van der Waals surface area contributed by atoms with E-state index in [1.54, 1.807) is 53.3 Å². The predicted molar refractivity (Wildman–Crippen MR) is 109 cm³/mol. The second kappa shape index (κ2) is 10.0. The highest BCUT2D eigenvalue weighted by Gasteiger charge is 2.26. The van der Waals surface area contributed by atoms with E-state index in [9.17, 15) is 14.0 Å². The van der Waals surface area contributed by atoms with Gasteiger partial charge in [0.2, 0.25) is 0 Å². The number of hydrogen-bond donors (Lipinski definition) is 1. The number of carbonyl (C=O) groups is 2. The number of benzene rings is 2. The molecule has 0 aliphatic carbocycles. The average Bonchev–Trinajstić information content (AvgIpc) is 2.74. The van der Waals surface area contributed by atoms with E-state index in [0.29, 0.717) is 38.3 Å². The zero-order chi connectivity index (χ0) is 20.6. The molecule has 2 aromatic rings. The summed E-state index contributed by atoms with van der Waals surface area (Å²) in [7, 11) is 1.63. The topological polar surface area (TPSA) is 61.9 Å². The molecule has 0 atom stereocenters. The highest BCUT2D eigenvalue weighted by molar-refractivity contribution is 5.96. The summed E-state index contributed by atoms with van der Waals surface area (Å²) in [5, 5.41) is 2.85. The maximum Gasteiger partial charge on any atom is 0.324 e. The maximum atomic E-state index is 13.1. The van der Waals surface area contributed by atoms with Crippen molar-refractivity contribution in [2.24, 2.45) is 0 Å². The van der Waals surface area contributed by atoms with Gasteiger partial charge in [-0.3, -0.25) is 9.69 Å². The zero-order valence-electron chi connectivity index (χ0n) is 16.6. The fraction of sp³-hybridized carbons (Fsp3) is 0.364. The number of rotatable bonds is 8. The maximum absolute atomic E-state index is 13.1. The minimum Gasteiger partial charge on any atom is -0.385 e. The standard InChI is InChI=1S/C22H26FN3O3/c1-29-15-2-12-24-21(27)18-6-10-20(11-7-18)26-14-3-13-25(22(26)28)16-17-4-8-19(23)9-5-17/h4-11H,2-3,12-16H2,1H3,(H,24,27). The fourth-order valence-corrected chi connectivity index (χ4v) is 3.29. The summed E-state index contributed by atoms with van der Waals surface area (Å²) in [5.41, 5.74) is 2.20. The third-order valence-electron chi connectivity index (χ3n) is 4.85. The molecule has 1 N–H and O–H groups in total. The van der Waals surface area contributed by atoms with Crippen LogP contribution < -0.4 is 10.2 Å². The molecule has 1 heterocycles. The van der Waals surface area contributed by atoms with Crippen molar-refractivity contribution in [1.29, 1.82) is 0 Å². The first-order valence-electron chi connectivity index (χ1n) is 9.76. The van der Waals surface area contributed by atoms with Gasteiger partial charge in [0.05, 0.1) is 0 Å². The largest absolute Gasteiger partial charge is 0.385 e. The van der Waals surface area contributed by atoms with Crippen molar-refractivity contribution in [1.82, 2.24) is 10.2 Å². The number of nitrogens with zero attached hydrogens (tertiary/aromatic N) is 2. The van der Waals surface area contributed by atoms with Crippen molar-refractivity contribution in [2.75, 3.05) is 38.3 Å². The van der Waals surface area contributed by atoms with Gasteiger partial charge in [0.25, 0.3) is 5.91 Å². The van der Waals surface area contributed by atoms with Gasteiger partial charge >= 0.3 is 6.03 Å². The number of carbonyl (C=O) groups excluding carboxylic acids is 2. The van der Waals surface area contributed by atoms with Crippen LogP contribution in [0.3, 0.4) is 0 Å². The molecule has 0 aromatic heterocycles. The van der Waals surface area contributed by atoms with Crippen LogP contribution in [0.15, 0.2) is 48.5 Å². The van der Waals surface area contributed by atoms with Crippen molar-refractivity contribution < 1.29 is 18.7 Å². The lowest BCUT2D eigenvalue weighted by Crippen LogP contribution is -2.49. The molecule has 0 saturated carbocycles. The van der Waals surface area contributed by atoms with Crippen LogP contribution in [0, 0.1) is 5.82 Å². The van der Waals surface area contributed by atoms with Gasteiger partial charge in [-0.15, -0.1) is 0 Å². The molecule has 0 bridgehead atoms. The van der Waals surface area contributed by atoms with Crippen LogP contribution in [0.1, 0.15) is 28.8 Å². The molecule has 3 amide bonds. The minimum absolute atomic E-state index is 0.0858. The van der Waals surface area contributed by atoms with Crippen LogP contribution >= 0.6 is 0 Å². The van der Waals surface area contributed by atoms with E-state index in [0.717, 1.165) is 24.1 Å². The quantitative estimate of drug-likeness (QED) is 0.692.